The summed E-state index contributed by atoms with van der Waals surface area (Å²) in [6.45, 7) is 0. The van der Waals surface area contributed by atoms with Gasteiger partial charge in [-0.05, 0) is 35.7 Å². The van der Waals surface area contributed by atoms with Gasteiger partial charge in [0, 0.05) is 22.8 Å². The molecule has 9 heteroatoms. The molecule has 0 radical (unpaired) electrons. The molecule has 0 fully saturated rings. The van der Waals surface area contributed by atoms with E-state index in [-0.39, 0.29) is 16.1 Å². The number of carboxylic acids is 1. The zero-order valence-electron chi connectivity index (χ0n) is 17.1. The molecule has 0 aliphatic rings. The molecule has 8 nitrogen and oxygen atoms in total. The molecule has 33 heavy (non-hydrogen) atoms. The molecule has 166 valence electrons. The highest BCUT2D eigenvalue weighted by Crippen LogP contribution is 2.30. The first-order valence-corrected chi connectivity index (χ1v) is 11.2. The van der Waals surface area contributed by atoms with Gasteiger partial charge in [-0.2, -0.15) is 8.42 Å². The fourth-order valence-electron chi connectivity index (χ4n) is 3.24. The smallest absolute Gasteiger partial charge is 0.339 e. The molecule has 0 aliphatic carbocycles. The van der Waals surface area contributed by atoms with Crippen LogP contribution >= 0.6 is 0 Å². The summed E-state index contributed by atoms with van der Waals surface area (Å²) < 4.78 is 31.3. The summed E-state index contributed by atoms with van der Waals surface area (Å²) in [5.74, 6) is -1.80. The Morgan fingerprint density at radius 1 is 0.758 bits per heavy atom. The minimum atomic E-state index is -4.38. The number of carbonyl (C=O) groups excluding carboxylic acids is 1. The predicted molar refractivity (Wildman–Crippen MR) is 124 cm³/mol. The zero-order chi connectivity index (χ0) is 23.4. The molecule has 3 N–H and O–H groups in total. The van der Waals surface area contributed by atoms with E-state index >= 15 is 0 Å². The topological polar surface area (TPSA) is 122 Å². The van der Waals surface area contributed by atoms with Crippen molar-refractivity contribution in [2.24, 2.45) is 0 Å². The maximum atomic E-state index is 13.1. The number of urea groups is 1. The predicted octanol–water partition coefficient (Wildman–Crippen LogP) is 4.95. The number of benzene rings is 4. The van der Waals surface area contributed by atoms with Crippen LogP contribution in [0.4, 0.5) is 16.2 Å². The highest BCUT2D eigenvalue weighted by Gasteiger charge is 2.23. The molecule has 4 rings (SSSR count). The van der Waals surface area contributed by atoms with Gasteiger partial charge in [0.15, 0.2) is 5.75 Å². The van der Waals surface area contributed by atoms with Gasteiger partial charge in [-0.3, -0.25) is 0 Å². The van der Waals surface area contributed by atoms with Crippen molar-refractivity contribution in [1.82, 2.24) is 0 Å². The highest BCUT2D eigenvalue weighted by molar-refractivity contribution is 7.87. The first kappa shape index (κ1) is 21.8. The van der Waals surface area contributed by atoms with Crippen LogP contribution in [0.2, 0.25) is 0 Å². The SMILES string of the molecule is O=C(Nc1ccccc1)Nc1ccc(C(=O)O)c(OS(=O)(=O)c2cccc3ccccc23)c1. The van der Waals surface area contributed by atoms with Crippen molar-refractivity contribution in [3.63, 3.8) is 0 Å². The van der Waals surface area contributed by atoms with Gasteiger partial charge < -0.3 is 19.9 Å². The molecular weight excluding hydrogens is 444 g/mol. The quantitative estimate of drug-likeness (QED) is 0.349. The monoisotopic (exact) mass is 462 g/mol. The van der Waals surface area contributed by atoms with Crippen LogP contribution in [0.1, 0.15) is 10.4 Å². The van der Waals surface area contributed by atoms with Crippen molar-refractivity contribution in [3.05, 3.63) is 96.6 Å². The molecular formula is C24H18N2O6S. The van der Waals surface area contributed by atoms with Crippen molar-refractivity contribution >= 4 is 44.3 Å². The lowest BCUT2D eigenvalue weighted by Crippen LogP contribution is -2.20. The fraction of sp³-hybridized carbons (Fsp3) is 0. The van der Waals surface area contributed by atoms with Crippen LogP contribution in [-0.4, -0.2) is 25.5 Å². The number of hydrogen-bond donors (Lipinski definition) is 3. The maximum absolute atomic E-state index is 13.1. The Morgan fingerprint density at radius 2 is 1.42 bits per heavy atom. The lowest BCUT2D eigenvalue weighted by atomic mass is 10.1. The summed E-state index contributed by atoms with van der Waals surface area (Å²) in [4.78, 5) is 23.8. The standard InChI is InChI=1S/C24H18N2O6S/c27-23(28)20-14-13-18(26-24(29)25-17-9-2-1-3-10-17)15-21(20)32-33(30,31)22-12-6-8-16-7-4-5-11-19(16)22/h1-15H,(H,27,28)(H2,25,26,29). The third kappa shape index (κ3) is 4.94. The van der Waals surface area contributed by atoms with E-state index in [1.54, 1.807) is 66.7 Å². The van der Waals surface area contributed by atoms with Gasteiger partial charge in [-0.15, -0.1) is 0 Å². The van der Waals surface area contributed by atoms with E-state index in [1.165, 1.54) is 12.1 Å². The number of anilines is 2. The van der Waals surface area contributed by atoms with E-state index < -0.39 is 27.9 Å². The summed E-state index contributed by atoms with van der Waals surface area (Å²) in [5, 5.41) is 15.8. The second-order valence-electron chi connectivity index (χ2n) is 6.98. The van der Waals surface area contributed by atoms with Crippen LogP contribution in [0, 0.1) is 0 Å². The third-order valence-electron chi connectivity index (χ3n) is 4.72. The average molecular weight is 462 g/mol. The molecule has 4 aromatic rings. The minimum absolute atomic E-state index is 0.0999. The molecule has 2 amide bonds. The Kier molecular flexibility index (Phi) is 5.97. The Balaban J connectivity index is 1.64. The van der Waals surface area contributed by atoms with Crippen molar-refractivity contribution < 1.29 is 27.3 Å². The van der Waals surface area contributed by atoms with Crippen LogP contribution in [0.25, 0.3) is 10.8 Å². The Bertz CT molecular complexity index is 1450. The number of hydrogen-bond acceptors (Lipinski definition) is 5. The molecule has 0 saturated heterocycles. The number of rotatable bonds is 6. The van der Waals surface area contributed by atoms with Crippen molar-refractivity contribution in [2.75, 3.05) is 10.6 Å². The summed E-state index contributed by atoms with van der Waals surface area (Å²) in [6, 6.07) is 23.3. The Morgan fingerprint density at radius 3 is 2.18 bits per heavy atom. The fourth-order valence-corrected chi connectivity index (χ4v) is 4.40. The van der Waals surface area contributed by atoms with Gasteiger partial charge in [-0.1, -0.05) is 54.6 Å². The third-order valence-corrected chi connectivity index (χ3v) is 6.01. The van der Waals surface area contributed by atoms with Crippen LogP contribution in [0.5, 0.6) is 5.75 Å². The van der Waals surface area contributed by atoms with Crippen LogP contribution in [0.3, 0.4) is 0 Å². The number of nitrogens with one attached hydrogen (secondary N) is 2. The first-order valence-electron chi connectivity index (χ1n) is 9.76. The second kappa shape index (κ2) is 9.01. The number of carboxylic acid groups (broad SMARTS) is 1. The molecule has 0 aliphatic heterocycles. The van der Waals surface area contributed by atoms with Gasteiger partial charge in [0.05, 0.1) is 0 Å². The van der Waals surface area contributed by atoms with Gasteiger partial charge in [0.1, 0.15) is 10.5 Å². The van der Waals surface area contributed by atoms with Gasteiger partial charge in [0.2, 0.25) is 0 Å². The number of aromatic carboxylic acids is 1. The van der Waals surface area contributed by atoms with Crippen molar-refractivity contribution in [1.29, 1.82) is 0 Å². The highest BCUT2D eigenvalue weighted by atomic mass is 32.2. The molecule has 0 unspecified atom stereocenters. The lowest BCUT2D eigenvalue weighted by molar-refractivity contribution is 0.0695. The Hall–Kier alpha value is -4.37. The first-order chi connectivity index (χ1) is 15.8. The zero-order valence-corrected chi connectivity index (χ0v) is 17.9. The molecule has 0 saturated carbocycles. The van der Waals surface area contributed by atoms with E-state index in [2.05, 4.69) is 10.6 Å². The largest absolute Gasteiger partial charge is 0.478 e. The summed E-state index contributed by atoms with van der Waals surface area (Å²) in [6.07, 6.45) is 0. The van der Waals surface area contributed by atoms with Crippen molar-refractivity contribution in [2.45, 2.75) is 4.90 Å². The maximum Gasteiger partial charge on any atom is 0.339 e. The van der Waals surface area contributed by atoms with Gasteiger partial charge >= 0.3 is 22.1 Å². The van der Waals surface area contributed by atoms with E-state index in [1.807, 2.05) is 0 Å². The summed E-state index contributed by atoms with van der Waals surface area (Å²) in [7, 11) is -4.38. The number of carbonyl (C=O) groups is 2. The Labute approximate surface area is 189 Å². The average Bonchev–Trinajstić information content (AvgIpc) is 2.79. The normalized spacial score (nSPS) is 11.0. The molecule has 0 spiro atoms. The molecule has 0 aromatic heterocycles. The van der Waals surface area contributed by atoms with E-state index in [9.17, 15) is 23.1 Å². The molecule has 0 bridgehead atoms. The van der Waals surface area contributed by atoms with Crippen LogP contribution < -0.4 is 14.8 Å². The summed E-state index contributed by atoms with van der Waals surface area (Å²) >= 11 is 0. The number of para-hydroxylation sites is 1. The van der Waals surface area contributed by atoms with E-state index in [4.69, 9.17) is 4.18 Å². The molecule has 0 atom stereocenters. The number of amides is 2. The lowest BCUT2D eigenvalue weighted by Gasteiger charge is -2.13. The van der Waals surface area contributed by atoms with E-state index in [0.29, 0.717) is 16.5 Å². The second-order valence-corrected chi connectivity index (χ2v) is 8.49. The number of fused-ring (bicyclic) bond motifs is 1. The van der Waals surface area contributed by atoms with Crippen molar-refractivity contribution in [3.8, 4) is 5.75 Å². The van der Waals surface area contributed by atoms with Gasteiger partial charge in [0.25, 0.3) is 0 Å². The minimum Gasteiger partial charge on any atom is -0.478 e. The molecule has 4 aromatic carbocycles. The van der Waals surface area contributed by atoms with Crippen LogP contribution in [0.15, 0.2) is 95.9 Å². The molecule has 0 heterocycles. The van der Waals surface area contributed by atoms with Crippen LogP contribution in [-0.2, 0) is 10.1 Å². The summed E-state index contributed by atoms with van der Waals surface area (Å²) in [5.41, 5.74) is 0.330. The van der Waals surface area contributed by atoms with E-state index in [0.717, 1.165) is 12.1 Å². The van der Waals surface area contributed by atoms with Gasteiger partial charge in [-0.25, -0.2) is 9.59 Å².